The molecule has 1 aromatic heterocycles. The third-order valence-electron chi connectivity index (χ3n) is 3.84. The van der Waals surface area contributed by atoms with Crippen LogP contribution in [0.1, 0.15) is 29.3 Å². The maximum absolute atomic E-state index is 12.5. The van der Waals surface area contributed by atoms with Crippen LogP contribution in [0.25, 0.3) is 0 Å². The van der Waals surface area contributed by atoms with Gasteiger partial charge < -0.3 is 16.0 Å². The molecule has 0 radical (unpaired) electrons. The highest BCUT2D eigenvalue weighted by Gasteiger charge is 2.30. The number of nitrogens with two attached hydrogens (primary N) is 1. The number of nitrogens with one attached hydrogen (secondary N) is 2. The van der Waals surface area contributed by atoms with Crippen LogP contribution in [-0.4, -0.2) is 10.9 Å². The Labute approximate surface area is 143 Å². The summed E-state index contributed by atoms with van der Waals surface area (Å²) in [5.74, 6) is -0.334. The molecule has 5 nitrogen and oxygen atoms in total. The van der Waals surface area contributed by atoms with Crippen LogP contribution in [0.5, 0.6) is 0 Å². The first-order chi connectivity index (χ1) is 10.7. The Morgan fingerprint density at radius 3 is 2.48 bits per heavy atom. The van der Waals surface area contributed by atoms with Gasteiger partial charge in [0.05, 0.1) is 0 Å². The topological polar surface area (TPSA) is 88.0 Å². The second-order valence-electron chi connectivity index (χ2n) is 5.83. The van der Waals surface area contributed by atoms with Gasteiger partial charge in [0, 0.05) is 22.3 Å². The Balaban J connectivity index is 2.16. The largest absolute Gasteiger partial charge is 0.350 e. The van der Waals surface area contributed by atoms with Crippen LogP contribution in [-0.2, 0) is 16.9 Å². The molecule has 1 atom stereocenters. The molecule has 2 rings (SSSR count). The van der Waals surface area contributed by atoms with Gasteiger partial charge in [0.15, 0.2) is 0 Å². The van der Waals surface area contributed by atoms with E-state index in [0.717, 1.165) is 15.7 Å². The zero-order valence-electron chi connectivity index (χ0n) is 13.4. The molecule has 0 fully saturated rings. The van der Waals surface area contributed by atoms with Gasteiger partial charge in [-0.1, -0.05) is 28.1 Å². The second kappa shape index (κ2) is 6.68. The second-order valence-corrected chi connectivity index (χ2v) is 6.75. The number of aromatic amines is 1. The van der Waals surface area contributed by atoms with E-state index in [1.165, 1.54) is 0 Å². The number of carbonyl (C=O) groups is 1. The molecule has 0 aliphatic rings. The highest BCUT2D eigenvalue weighted by molar-refractivity contribution is 9.10. The summed E-state index contributed by atoms with van der Waals surface area (Å²) in [4.78, 5) is 27.2. The Morgan fingerprint density at radius 1 is 1.30 bits per heavy atom. The standard InChI is InChI=1S/C17H20BrN3O2/c1-10-8-11(2)21-15(22)14(10)9-20-16(23)17(3,19)12-4-6-13(18)7-5-12/h4-8H,9,19H2,1-3H3,(H,20,23)(H,21,22). The Bertz CT molecular complexity index is 779. The molecule has 23 heavy (non-hydrogen) atoms. The van der Waals surface area contributed by atoms with Gasteiger partial charge in [-0.3, -0.25) is 9.59 Å². The number of carbonyl (C=O) groups excluding carboxylic acids is 1. The van der Waals surface area contributed by atoms with Gasteiger partial charge in [-0.05, 0) is 50.1 Å². The predicted molar refractivity (Wildman–Crippen MR) is 94.1 cm³/mol. The average Bonchev–Trinajstić information content (AvgIpc) is 2.46. The summed E-state index contributed by atoms with van der Waals surface area (Å²) in [6.45, 7) is 5.46. The zero-order valence-corrected chi connectivity index (χ0v) is 15.0. The molecule has 0 aliphatic heterocycles. The van der Waals surface area contributed by atoms with Gasteiger partial charge in [0.2, 0.25) is 5.91 Å². The number of aryl methyl sites for hydroxylation is 2. The minimum Gasteiger partial charge on any atom is -0.350 e. The molecular weight excluding hydrogens is 358 g/mol. The van der Waals surface area contributed by atoms with Crippen LogP contribution >= 0.6 is 15.9 Å². The number of benzene rings is 1. The molecule has 122 valence electrons. The lowest BCUT2D eigenvalue weighted by molar-refractivity contribution is -0.126. The molecule has 4 N–H and O–H groups in total. The molecule has 0 saturated heterocycles. The molecule has 1 amide bonds. The quantitative estimate of drug-likeness (QED) is 0.763. The number of amides is 1. The highest BCUT2D eigenvalue weighted by atomic mass is 79.9. The molecule has 1 heterocycles. The number of H-pyrrole nitrogens is 1. The molecule has 0 bridgehead atoms. The van der Waals surface area contributed by atoms with Crippen LogP contribution in [0, 0.1) is 13.8 Å². The Kier molecular flexibility index (Phi) is 5.06. The van der Waals surface area contributed by atoms with E-state index >= 15 is 0 Å². The van der Waals surface area contributed by atoms with Crippen molar-refractivity contribution >= 4 is 21.8 Å². The van der Waals surface area contributed by atoms with E-state index in [0.29, 0.717) is 11.1 Å². The Hall–Kier alpha value is -1.92. The summed E-state index contributed by atoms with van der Waals surface area (Å²) < 4.78 is 0.916. The lowest BCUT2D eigenvalue weighted by Gasteiger charge is -2.24. The van der Waals surface area contributed by atoms with E-state index in [1.54, 1.807) is 19.1 Å². The average molecular weight is 378 g/mol. The maximum atomic E-state index is 12.5. The molecule has 0 saturated carbocycles. The van der Waals surface area contributed by atoms with Gasteiger partial charge >= 0.3 is 0 Å². The number of hydrogen-bond donors (Lipinski definition) is 3. The van der Waals surface area contributed by atoms with Crippen molar-refractivity contribution in [3.8, 4) is 0 Å². The van der Waals surface area contributed by atoms with Crippen LogP contribution < -0.4 is 16.6 Å². The number of pyridine rings is 1. The molecule has 6 heteroatoms. The molecule has 1 unspecified atom stereocenters. The van der Waals surface area contributed by atoms with Crippen molar-refractivity contribution in [2.24, 2.45) is 5.73 Å². The summed E-state index contributed by atoms with van der Waals surface area (Å²) in [6.07, 6.45) is 0. The normalized spacial score (nSPS) is 13.4. The van der Waals surface area contributed by atoms with E-state index in [9.17, 15) is 9.59 Å². The van der Waals surface area contributed by atoms with Crippen LogP contribution in [0.2, 0.25) is 0 Å². The first-order valence-electron chi connectivity index (χ1n) is 7.24. The lowest BCUT2D eigenvalue weighted by atomic mass is 9.92. The molecule has 0 aliphatic carbocycles. The van der Waals surface area contributed by atoms with Gasteiger partial charge in [0.25, 0.3) is 5.56 Å². The zero-order chi connectivity index (χ0) is 17.2. The SMILES string of the molecule is Cc1cc(C)c(CNC(=O)C(C)(N)c2ccc(Br)cc2)c(=O)[nH]1. The van der Waals surface area contributed by atoms with Crippen molar-refractivity contribution in [3.63, 3.8) is 0 Å². The Morgan fingerprint density at radius 2 is 1.91 bits per heavy atom. The molecule has 2 aromatic rings. The van der Waals surface area contributed by atoms with Gasteiger partial charge in [-0.15, -0.1) is 0 Å². The van der Waals surface area contributed by atoms with Gasteiger partial charge in [0.1, 0.15) is 5.54 Å². The summed E-state index contributed by atoms with van der Waals surface area (Å²) in [7, 11) is 0. The fraction of sp³-hybridized carbons (Fsp3) is 0.294. The van der Waals surface area contributed by atoms with Crippen molar-refractivity contribution in [1.29, 1.82) is 0 Å². The van der Waals surface area contributed by atoms with E-state index in [4.69, 9.17) is 5.73 Å². The summed E-state index contributed by atoms with van der Waals surface area (Å²) in [5.41, 5.74) is 7.69. The predicted octanol–water partition coefficient (Wildman–Crippen LogP) is 2.24. The first-order valence-corrected chi connectivity index (χ1v) is 8.03. The third kappa shape index (κ3) is 3.89. The van der Waals surface area contributed by atoms with Crippen molar-refractivity contribution in [2.45, 2.75) is 32.9 Å². The summed E-state index contributed by atoms with van der Waals surface area (Å²) in [5, 5.41) is 2.76. The number of hydrogen-bond acceptors (Lipinski definition) is 3. The summed E-state index contributed by atoms with van der Waals surface area (Å²) >= 11 is 3.35. The third-order valence-corrected chi connectivity index (χ3v) is 4.36. The van der Waals surface area contributed by atoms with E-state index < -0.39 is 5.54 Å². The van der Waals surface area contributed by atoms with Crippen LogP contribution in [0.15, 0.2) is 39.6 Å². The minimum absolute atomic E-state index is 0.142. The lowest BCUT2D eigenvalue weighted by Crippen LogP contribution is -2.49. The van der Waals surface area contributed by atoms with Crippen molar-refractivity contribution in [3.05, 3.63) is 67.5 Å². The maximum Gasteiger partial charge on any atom is 0.253 e. The first kappa shape index (κ1) is 17.4. The molecule has 1 aromatic carbocycles. The fourth-order valence-electron chi connectivity index (χ4n) is 2.38. The summed E-state index contributed by atoms with van der Waals surface area (Å²) in [6, 6.07) is 9.14. The van der Waals surface area contributed by atoms with Crippen LogP contribution in [0.4, 0.5) is 0 Å². The van der Waals surface area contributed by atoms with E-state index in [2.05, 4.69) is 26.2 Å². The number of rotatable bonds is 4. The van der Waals surface area contributed by atoms with Crippen LogP contribution in [0.3, 0.4) is 0 Å². The number of aromatic nitrogens is 1. The van der Waals surface area contributed by atoms with Crippen molar-refractivity contribution in [2.75, 3.05) is 0 Å². The fourth-order valence-corrected chi connectivity index (χ4v) is 2.65. The molecular formula is C17H20BrN3O2. The smallest absolute Gasteiger partial charge is 0.253 e. The van der Waals surface area contributed by atoms with E-state index in [1.807, 2.05) is 32.0 Å². The van der Waals surface area contributed by atoms with Crippen molar-refractivity contribution < 1.29 is 4.79 Å². The van der Waals surface area contributed by atoms with E-state index in [-0.39, 0.29) is 18.0 Å². The van der Waals surface area contributed by atoms with Gasteiger partial charge in [-0.2, -0.15) is 0 Å². The minimum atomic E-state index is -1.17. The molecule has 0 spiro atoms. The monoisotopic (exact) mass is 377 g/mol. The van der Waals surface area contributed by atoms with Gasteiger partial charge in [-0.25, -0.2) is 0 Å². The van der Waals surface area contributed by atoms with Crippen molar-refractivity contribution in [1.82, 2.24) is 10.3 Å². The highest BCUT2D eigenvalue weighted by Crippen LogP contribution is 2.20. The number of halogens is 1.